The minimum atomic E-state index is -1.08. The van der Waals surface area contributed by atoms with Gasteiger partial charge in [-0.25, -0.2) is 14.8 Å². The van der Waals surface area contributed by atoms with E-state index in [0.29, 0.717) is 12.4 Å². The number of carboxylic acids is 1. The summed E-state index contributed by atoms with van der Waals surface area (Å²) in [6.45, 7) is 0.717. The smallest absolute Gasteiger partial charge is 0.356 e. The minimum Gasteiger partial charge on any atom is -0.496 e. The molecule has 0 atom stereocenters. The van der Waals surface area contributed by atoms with Gasteiger partial charge in [0.05, 0.1) is 19.5 Å². The van der Waals surface area contributed by atoms with Crippen LogP contribution in [0.2, 0.25) is 0 Å². The van der Waals surface area contributed by atoms with Crippen molar-refractivity contribution in [3.05, 3.63) is 47.9 Å². The molecular formula is C17H19N3O3. The molecule has 1 fully saturated rings. The van der Waals surface area contributed by atoms with Crippen LogP contribution in [-0.2, 0) is 5.41 Å². The van der Waals surface area contributed by atoms with Crippen LogP contribution in [0.3, 0.4) is 0 Å². The van der Waals surface area contributed by atoms with Crippen molar-refractivity contribution in [3.63, 3.8) is 0 Å². The maximum absolute atomic E-state index is 10.8. The zero-order valence-electron chi connectivity index (χ0n) is 13.0. The summed E-state index contributed by atoms with van der Waals surface area (Å²) in [7, 11) is 1.69. The Morgan fingerprint density at radius 3 is 2.65 bits per heavy atom. The molecule has 0 amide bonds. The lowest BCUT2D eigenvalue weighted by Crippen LogP contribution is -2.41. The topological polar surface area (TPSA) is 84.3 Å². The number of methoxy groups -OCH3 is 1. The fraction of sp³-hybridized carbons (Fsp3) is 0.353. The zero-order valence-corrected chi connectivity index (χ0v) is 13.0. The molecule has 0 aliphatic heterocycles. The summed E-state index contributed by atoms with van der Waals surface area (Å²) in [6.07, 6.45) is 6.07. The van der Waals surface area contributed by atoms with Gasteiger partial charge in [0.15, 0.2) is 5.69 Å². The van der Waals surface area contributed by atoms with Gasteiger partial charge in [-0.1, -0.05) is 24.6 Å². The Morgan fingerprint density at radius 1 is 1.30 bits per heavy atom. The highest BCUT2D eigenvalue weighted by Crippen LogP contribution is 2.47. The van der Waals surface area contributed by atoms with Gasteiger partial charge < -0.3 is 15.2 Å². The number of ether oxygens (including phenoxy) is 1. The van der Waals surface area contributed by atoms with Gasteiger partial charge in [-0.05, 0) is 18.9 Å². The van der Waals surface area contributed by atoms with Crippen molar-refractivity contribution in [1.29, 1.82) is 0 Å². The Labute approximate surface area is 134 Å². The lowest BCUT2D eigenvalue weighted by Gasteiger charge is -2.43. The second-order valence-corrected chi connectivity index (χ2v) is 5.78. The standard InChI is InChI=1S/C17H19N3O3/c1-23-14-6-3-2-5-12(14)17(7-4-8-17)11-20-15-10-18-13(9-19-15)16(21)22/h2-3,5-6,9-10H,4,7-8,11H2,1H3,(H,19,20)(H,21,22). The Bertz CT molecular complexity index is 696. The van der Waals surface area contributed by atoms with E-state index in [-0.39, 0.29) is 11.1 Å². The maximum Gasteiger partial charge on any atom is 0.356 e. The number of nitrogens with one attached hydrogen (secondary N) is 1. The van der Waals surface area contributed by atoms with Crippen molar-refractivity contribution < 1.29 is 14.6 Å². The number of carboxylic acid groups (broad SMARTS) is 1. The second kappa shape index (κ2) is 6.24. The SMILES string of the molecule is COc1ccccc1C1(CNc2cnc(C(=O)O)cn2)CCC1. The van der Waals surface area contributed by atoms with Gasteiger partial charge in [0.25, 0.3) is 0 Å². The van der Waals surface area contributed by atoms with E-state index in [1.807, 2.05) is 18.2 Å². The Kier molecular flexibility index (Phi) is 4.14. The molecule has 23 heavy (non-hydrogen) atoms. The number of hydrogen-bond donors (Lipinski definition) is 2. The van der Waals surface area contributed by atoms with Gasteiger partial charge >= 0.3 is 5.97 Å². The normalized spacial score (nSPS) is 15.5. The zero-order chi connectivity index (χ0) is 16.3. The molecule has 0 bridgehead atoms. The first-order valence-electron chi connectivity index (χ1n) is 7.57. The average Bonchev–Trinajstić information content (AvgIpc) is 2.54. The Hall–Kier alpha value is -2.63. The third-order valence-electron chi connectivity index (χ3n) is 4.47. The van der Waals surface area contributed by atoms with Crippen LogP contribution in [-0.4, -0.2) is 34.7 Å². The van der Waals surface area contributed by atoms with Crippen molar-refractivity contribution in [2.24, 2.45) is 0 Å². The van der Waals surface area contributed by atoms with Crippen LogP contribution >= 0.6 is 0 Å². The number of carbonyl (C=O) groups is 1. The van der Waals surface area contributed by atoms with Crippen LogP contribution in [0.5, 0.6) is 5.75 Å². The van der Waals surface area contributed by atoms with E-state index in [1.165, 1.54) is 24.4 Å². The summed E-state index contributed by atoms with van der Waals surface area (Å²) in [5.41, 5.74) is 1.18. The third-order valence-corrected chi connectivity index (χ3v) is 4.47. The first-order chi connectivity index (χ1) is 11.1. The number of aromatic nitrogens is 2. The van der Waals surface area contributed by atoms with E-state index < -0.39 is 5.97 Å². The number of rotatable bonds is 6. The fourth-order valence-electron chi connectivity index (χ4n) is 3.02. The molecule has 6 nitrogen and oxygen atoms in total. The molecule has 0 unspecified atom stereocenters. The average molecular weight is 313 g/mol. The molecule has 1 aromatic carbocycles. The van der Waals surface area contributed by atoms with E-state index in [0.717, 1.165) is 18.6 Å². The van der Waals surface area contributed by atoms with E-state index in [9.17, 15) is 4.79 Å². The van der Waals surface area contributed by atoms with Crippen LogP contribution in [0.4, 0.5) is 5.82 Å². The van der Waals surface area contributed by atoms with E-state index in [4.69, 9.17) is 9.84 Å². The molecule has 1 heterocycles. The number of para-hydroxylation sites is 1. The van der Waals surface area contributed by atoms with Gasteiger partial charge in [0.1, 0.15) is 11.6 Å². The third kappa shape index (κ3) is 2.97. The molecule has 1 saturated carbocycles. The van der Waals surface area contributed by atoms with E-state index >= 15 is 0 Å². The van der Waals surface area contributed by atoms with Crippen molar-refractivity contribution in [1.82, 2.24) is 9.97 Å². The molecule has 3 rings (SSSR count). The predicted octanol–water partition coefficient (Wildman–Crippen LogP) is 2.72. The molecule has 2 N–H and O–H groups in total. The molecule has 1 aliphatic rings. The predicted molar refractivity (Wildman–Crippen MR) is 86.0 cm³/mol. The summed E-state index contributed by atoms with van der Waals surface area (Å²) >= 11 is 0. The van der Waals surface area contributed by atoms with Crippen molar-refractivity contribution >= 4 is 11.8 Å². The van der Waals surface area contributed by atoms with Crippen molar-refractivity contribution in [2.45, 2.75) is 24.7 Å². The lowest BCUT2D eigenvalue weighted by atomic mass is 9.64. The summed E-state index contributed by atoms with van der Waals surface area (Å²) in [4.78, 5) is 18.8. The van der Waals surface area contributed by atoms with Crippen LogP contribution in [0.1, 0.15) is 35.3 Å². The van der Waals surface area contributed by atoms with Gasteiger partial charge in [-0.15, -0.1) is 0 Å². The number of anilines is 1. The van der Waals surface area contributed by atoms with Crippen LogP contribution in [0.25, 0.3) is 0 Å². The van der Waals surface area contributed by atoms with Crippen molar-refractivity contribution in [3.8, 4) is 5.75 Å². The van der Waals surface area contributed by atoms with Crippen LogP contribution in [0.15, 0.2) is 36.7 Å². The van der Waals surface area contributed by atoms with Crippen LogP contribution in [0, 0.1) is 0 Å². The van der Waals surface area contributed by atoms with Gasteiger partial charge in [-0.2, -0.15) is 0 Å². The summed E-state index contributed by atoms with van der Waals surface area (Å²) in [5.74, 6) is 0.408. The highest BCUT2D eigenvalue weighted by atomic mass is 16.5. The largest absolute Gasteiger partial charge is 0.496 e. The Balaban J connectivity index is 1.76. The van der Waals surface area contributed by atoms with E-state index in [1.54, 1.807) is 7.11 Å². The van der Waals surface area contributed by atoms with E-state index in [2.05, 4.69) is 21.4 Å². The molecule has 0 radical (unpaired) electrons. The lowest BCUT2D eigenvalue weighted by molar-refractivity contribution is 0.0690. The number of hydrogen-bond acceptors (Lipinski definition) is 5. The molecule has 120 valence electrons. The molecule has 1 aromatic heterocycles. The molecule has 2 aromatic rings. The number of nitrogens with zero attached hydrogens (tertiary/aromatic N) is 2. The van der Waals surface area contributed by atoms with Gasteiger partial charge in [0, 0.05) is 17.5 Å². The number of benzene rings is 1. The molecule has 0 saturated heterocycles. The number of aromatic carboxylic acids is 1. The minimum absolute atomic E-state index is 0.0275. The monoisotopic (exact) mass is 313 g/mol. The Morgan fingerprint density at radius 2 is 2.09 bits per heavy atom. The molecule has 0 spiro atoms. The molecule has 1 aliphatic carbocycles. The first kappa shape index (κ1) is 15.3. The summed E-state index contributed by atoms with van der Waals surface area (Å²) < 4.78 is 5.50. The van der Waals surface area contributed by atoms with Gasteiger partial charge in [0.2, 0.25) is 0 Å². The molecule has 6 heteroatoms. The summed E-state index contributed by atoms with van der Waals surface area (Å²) in [5, 5.41) is 12.1. The summed E-state index contributed by atoms with van der Waals surface area (Å²) in [6, 6.07) is 8.09. The first-order valence-corrected chi connectivity index (χ1v) is 7.57. The fourth-order valence-corrected chi connectivity index (χ4v) is 3.02. The highest BCUT2D eigenvalue weighted by Gasteiger charge is 2.40. The second-order valence-electron chi connectivity index (χ2n) is 5.78. The highest BCUT2D eigenvalue weighted by molar-refractivity contribution is 5.84. The molecular weight excluding hydrogens is 294 g/mol. The van der Waals surface area contributed by atoms with Crippen molar-refractivity contribution in [2.75, 3.05) is 19.0 Å². The quantitative estimate of drug-likeness (QED) is 0.853. The van der Waals surface area contributed by atoms with Crippen LogP contribution < -0.4 is 10.1 Å². The maximum atomic E-state index is 10.8. The van der Waals surface area contributed by atoms with Gasteiger partial charge in [-0.3, -0.25) is 0 Å².